The molecule has 10 heteroatoms. The van der Waals surface area contributed by atoms with Crippen LogP contribution in [0.2, 0.25) is 0 Å². The van der Waals surface area contributed by atoms with Crippen LogP contribution < -0.4 is 19.5 Å². The topological polar surface area (TPSA) is 111 Å². The molecule has 2 atom stereocenters. The first kappa shape index (κ1) is 32.6. The summed E-state index contributed by atoms with van der Waals surface area (Å²) >= 11 is 0. The number of nitrogens with zero attached hydrogens (tertiary/aromatic N) is 2. The van der Waals surface area contributed by atoms with Crippen molar-refractivity contribution in [3.8, 4) is 17.2 Å². The molecule has 2 heterocycles. The van der Waals surface area contributed by atoms with Crippen molar-refractivity contribution in [3.63, 3.8) is 0 Å². The van der Waals surface area contributed by atoms with E-state index < -0.39 is 5.97 Å². The van der Waals surface area contributed by atoms with E-state index in [1.54, 1.807) is 14.2 Å². The fourth-order valence-electron chi connectivity index (χ4n) is 6.34. The summed E-state index contributed by atoms with van der Waals surface area (Å²) in [5.41, 5.74) is 3.26. The van der Waals surface area contributed by atoms with E-state index in [-0.39, 0.29) is 30.2 Å². The number of carbonyl (C=O) groups excluding carboxylic acids is 1. The maximum absolute atomic E-state index is 14.4. The third kappa shape index (κ3) is 8.49. The number of piperidine rings is 1. The molecule has 1 amide bonds. The number of hydrogen-bond donors (Lipinski definition) is 2. The molecule has 0 bridgehead atoms. The second kappa shape index (κ2) is 15.5. The van der Waals surface area contributed by atoms with Gasteiger partial charge in [0.1, 0.15) is 17.2 Å². The van der Waals surface area contributed by atoms with Gasteiger partial charge in [0.25, 0.3) is 0 Å². The number of carboxylic acid groups (broad SMARTS) is 1. The van der Waals surface area contributed by atoms with Crippen molar-refractivity contribution in [2.45, 2.75) is 63.5 Å². The summed E-state index contributed by atoms with van der Waals surface area (Å²) in [6, 6.07) is 12.2. The number of carboxylic acids is 1. The average molecular weight is 622 g/mol. The van der Waals surface area contributed by atoms with Gasteiger partial charge in [0.2, 0.25) is 5.91 Å². The van der Waals surface area contributed by atoms with Crippen molar-refractivity contribution >= 4 is 22.8 Å². The van der Waals surface area contributed by atoms with E-state index in [4.69, 9.17) is 24.1 Å². The average Bonchev–Trinajstić information content (AvgIpc) is 3.84. The molecule has 45 heavy (non-hydrogen) atoms. The smallest absolute Gasteiger partial charge is 0.303 e. The van der Waals surface area contributed by atoms with Crippen molar-refractivity contribution in [3.05, 3.63) is 53.7 Å². The lowest BCUT2D eigenvalue weighted by molar-refractivity contribution is -0.138. The molecule has 0 radical (unpaired) electrons. The monoisotopic (exact) mass is 621 g/mol. The fraction of sp³-hybridized carbons (Fsp3) is 0.543. The first-order valence-corrected chi connectivity index (χ1v) is 16.1. The largest absolute Gasteiger partial charge is 0.497 e. The minimum Gasteiger partial charge on any atom is -0.497 e. The van der Waals surface area contributed by atoms with Gasteiger partial charge in [-0.1, -0.05) is 0 Å². The normalized spacial score (nSPS) is 18.1. The molecule has 5 rings (SSSR count). The van der Waals surface area contributed by atoms with Gasteiger partial charge in [-0.2, -0.15) is 0 Å². The molecule has 10 nitrogen and oxygen atoms in total. The van der Waals surface area contributed by atoms with Gasteiger partial charge in [-0.15, -0.1) is 0 Å². The lowest BCUT2D eigenvalue weighted by atomic mass is 9.80. The molecule has 3 aromatic rings. The fourth-order valence-corrected chi connectivity index (χ4v) is 6.34. The molecular formula is C35H47N3O7. The van der Waals surface area contributed by atoms with Crippen LogP contribution in [-0.2, 0) is 27.9 Å². The highest BCUT2D eigenvalue weighted by Crippen LogP contribution is 2.40. The number of nitrogens with one attached hydrogen (secondary N) is 1. The third-order valence-electron chi connectivity index (χ3n) is 8.80. The van der Waals surface area contributed by atoms with E-state index in [0.717, 1.165) is 60.2 Å². The van der Waals surface area contributed by atoms with Gasteiger partial charge in [-0.3, -0.25) is 9.59 Å². The predicted octanol–water partition coefficient (Wildman–Crippen LogP) is 5.12. The SMILES string of the molecule is COCCCOc1cc(CN(C(=O)[C@H]2CNCC[C@@H]2c2cn(C)c3ccc(OCCCCC(=O)O)cc23)C2CC2)cc(OC)c1. The second-order valence-corrected chi connectivity index (χ2v) is 12.2. The number of aromatic nitrogens is 1. The molecule has 2 fully saturated rings. The van der Waals surface area contributed by atoms with Crippen LogP contribution in [0.1, 0.15) is 62.0 Å². The number of methoxy groups -OCH3 is 2. The molecule has 0 unspecified atom stereocenters. The van der Waals surface area contributed by atoms with E-state index >= 15 is 0 Å². The van der Waals surface area contributed by atoms with Crippen molar-refractivity contribution in [2.75, 3.05) is 47.1 Å². The first-order chi connectivity index (χ1) is 21.9. The Bertz CT molecular complexity index is 1450. The van der Waals surface area contributed by atoms with Crippen LogP contribution in [0.5, 0.6) is 17.2 Å². The highest BCUT2D eigenvalue weighted by molar-refractivity contribution is 5.88. The Kier molecular flexibility index (Phi) is 11.2. The van der Waals surface area contributed by atoms with Gasteiger partial charge in [-0.05, 0) is 80.1 Å². The number of fused-ring (bicyclic) bond motifs is 1. The summed E-state index contributed by atoms with van der Waals surface area (Å²) in [5, 5.41) is 13.5. The quantitative estimate of drug-likeness (QED) is 0.200. The van der Waals surface area contributed by atoms with E-state index in [1.165, 1.54) is 5.56 Å². The van der Waals surface area contributed by atoms with E-state index in [2.05, 4.69) is 33.1 Å². The van der Waals surface area contributed by atoms with Gasteiger partial charge < -0.3 is 38.8 Å². The summed E-state index contributed by atoms with van der Waals surface area (Å²) in [4.78, 5) is 27.3. The standard InChI is InChI=1S/C35H47N3O7/c1-37-23-32(30-20-26(10-11-33(30)37)44-15-5-4-7-34(39)40)29-12-13-36-21-31(29)35(41)38(25-8-9-25)22-24-17-27(43-3)19-28(18-24)45-16-6-14-42-2/h10-11,17-20,23,25,29,31,36H,4-9,12-16,21-22H2,1-3H3,(H,39,40)/t29-,31-/m0/s1. The maximum atomic E-state index is 14.4. The van der Waals surface area contributed by atoms with Crippen LogP contribution in [-0.4, -0.2) is 79.6 Å². The Hall–Kier alpha value is -3.76. The summed E-state index contributed by atoms with van der Waals surface area (Å²) in [7, 11) is 5.38. The van der Waals surface area contributed by atoms with E-state index in [9.17, 15) is 9.59 Å². The Morgan fingerprint density at radius 2 is 1.73 bits per heavy atom. The number of aliphatic carboxylic acids is 1. The lowest BCUT2D eigenvalue weighted by Gasteiger charge is -2.35. The Labute approximate surface area is 265 Å². The number of hydrogen-bond acceptors (Lipinski definition) is 7. The van der Waals surface area contributed by atoms with Crippen molar-refractivity contribution in [1.29, 1.82) is 0 Å². The number of ether oxygens (including phenoxy) is 4. The van der Waals surface area contributed by atoms with Gasteiger partial charge in [-0.25, -0.2) is 0 Å². The Morgan fingerprint density at radius 1 is 0.956 bits per heavy atom. The molecule has 1 aromatic heterocycles. The zero-order chi connectivity index (χ0) is 31.8. The summed E-state index contributed by atoms with van der Waals surface area (Å²) in [6.45, 7) is 3.65. The molecule has 2 aromatic carbocycles. The van der Waals surface area contributed by atoms with Crippen molar-refractivity contribution in [2.24, 2.45) is 13.0 Å². The predicted molar refractivity (Wildman–Crippen MR) is 172 cm³/mol. The number of carbonyl (C=O) groups is 2. The molecule has 2 N–H and O–H groups in total. The minimum absolute atomic E-state index is 0.0690. The molecule has 1 saturated heterocycles. The number of aryl methyl sites for hydroxylation is 1. The first-order valence-electron chi connectivity index (χ1n) is 16.1. The molecule has 244 valence electrons. The highest BCUT2D eigenvalue weighted by atomic mass is 16.5. The van der Waals surface area contributed by atoms with E-state index in [1.807, 2.05) is 31.3 Å². The van der Waals surface area contributed by atoms with Crippen molar-refractivity contribution in [1.82, 2.24) is 14.8 Å². The number of unbranched alkanes of at least 4 members (excludes halogenated alkanes) is 1. The summed E-state index contributed by atoms with van der Waals surface area (Å²) < 4.78 is 24.9. The molecule has 1 saturated carbocycles. The Morgan fingerprint density at radius 3 is 2.49 bits per heavy atom. The molecule has 0 spiro atoms. The minimum atomic E-state index is -0.785. The maximum Gasteiger partial charge on any atom is 0.303 e. The molecule has 2 aliphatic rings. The number of rotatable bonds is 17. The van der Waals surface area contributed by atoms with Gasteiger partial charge in [0, 0.05) is 81.8 Å². The molecular weight excluding hydrogens is 574 g/mol. The van der Waals surface area contributed by atoms with Gasteiger partial charge in [0.15, 0.2) is 0 Å². The van der Waals surface area contributed by atoms with Gasteiger partial charge in [0.05, 0.1) is 26.2 Å². The zero-order valence-corrected chi connectivity index (χ0v) is 26.8. The lowest BCUT2D eigenvalue weighted by Crippen LogP contribution is -2.47. The van der Waals surface area contributed by atoms with Crippen molar-refractivity contribution < 1.29 is 33.6 Å². The van der Waals surface area contributed by atoms with Crippen LogP contribution in [0.15, 0.2) is 42.6 Å². The molecule has 1 aliphatic carbocycles. The zero-order valence-electron chi connectivity index (χ0n) is 26.8. The summed E-state index contributed by atoms with van der Waals surface area (Å²) in [5.74, 6) is 1.48. The van der Waals surface area contributed by atoms with Crippen LogP contribution in [0, 0.1) is 5.92 Å². The Balaban J connectivity index is 1.34. The molecule has 1 aliphatic heterocycles. The van der Waals surface area contributed by atoms with Gasteiger partial charge >= 0.3 is 5.97 Å². The van der Waals surface area contributed by atoms with Crippen LogP contribution in [0.3, 0.4) is 0 Å². The van der Waals surface area contributed by atoms with Crippen LogP contribution in [0.4, 0.5) is 0 Å². The number of amides is 1. The van der Waals surface area contributed by atoms with E-state index in [0.29, 0.717) is 51.5 Å². The second-order valence-electron chi connectivity index (χ2n) is 12.2. The summed E-state index contributed by atoms with van der Waals surface area (Å²) in [6.07, 6.45) is 7.29. The third-order valence-corrected chi connectivity index (χ3v) is 8.80. The van der Waals surface area contributed by atoms with Crippen LogP contribution in [0.25, 0.3) is 10.9 Å². The highest BCUT2D eigenvalue weighted by Gasteiger charge is 2.41. The van der Waals surface area contributed by atoms with Crippen LogP contribution >= 0.6 is 0 Å². The number of benzene rings is 2.